The minimum absolute atomic E-state index is 0.111. The molecule has 0 saturated carbocycles. The molecule has 0 bridgehead atoms. The number of aliphatic carboxylic acids is 1. The van der Waals surface area contributed by atoms with Gasteiger partial charge >= 0.3 is 5.97 Å². The average molecular weight is 230 g/mol. The fraction of sp³-hybridized carbons (Fsp3) is 0.222. The van der Waals surface area contributed by atoms with Crippen LogP contribution in [-0.4, -0.2) is 16.0 Å². The number of nitro groups is 1. The molecule has 1 rings (SSSR count). The predicted octanol–water partition coefficient (Wildman–Crippen LogP) is 2.44. The van der Waals surface area contributed by atoms with Gasteiger partial charge in [-0.2, -0.15) is 0 Å². The van der Waals surface area contributed by atoms with Crippen LogP contribution in [0.4, 0.5) is 5.69 Å². The highest BCUT2D eigenvalue weighted by molar-refractivity contribution is 6.30. The molecule has 0 aliphatic rings. The van der Waals surface area contributed by atoms with E-state index >= 15 is 0 Å². The van der Waals surface area contributed by atoms with Crippen molar-refractivity contribution in [2.45, 2.75) is 12.8 Å². The maximum Gasteiger partial charge on any atom is 0.310 e. The zero-order valence-corrected chi connectivity index (χ0v) is 8.56. The summed E-state index contributed by atoms with van der Waals surface area (Å²) in [4.78, 5) is 20.7. The molecule has 5 nitrogen and oxygen atoms in total. The Balaban J connectivity index is 3.30. The Morgan fingerprint density at radius 2 is 2.20 bits per heavy atom. The highest BCUT2D eigenvalue weighted by atomic mass is 35.5. The van der Waals surface area contributed by atoms with Crippen LogP contribution < -0.4 is 0 Å². The van der Waals surface area contributed by atoms with Gasteiger partial charge in [0.1, 0.15) is 0 Å². The minimum Gasteiger partial charge on any atom is -0.481 e. The standard InChI is InChI=1S/C9H8ClNO4/c1-5(9(12)13)7-4-6(10)2-3-8(7)11(14)15/h2-5H,1H3,(H,12,13). The molecule has 1 atom stereocenters. The van der Waals surface area contributed by atoms with Crippen molar-refractivity contribution in [3.05, 3.63) is 38.9 Å². The van der Waals surface area contributed by atoms with Crippen molar-refractivity contribution in [3.8, 4) is 0 Å². The van der Waals surface area contributed by atoms with Gasteiger partial charge in [-0.15, -0.1) is 0 Å². The molecule has 15 heavy (non-hydrogen) atoms. The monoisotopic (exact) mass is 229 g/mol. The molecule has 0 aliphatic carbocycles. The van der Waals surface area contributed by atoms with Crippen molar-refractivity contribution >= 4 is 23.3 Å². The van der Waals surface area contributed by atoms with Crippen LogP contribution in [0.5, 0.6) is 0 Å². The molecule has 0 aromatic heterocycles. The summed E-state index contributed by atoms with van der Waals surface area (Å²) in [6.45, 7) is 1.38. The van der Waals surface area contributed by atoms with Crippen LogP contribution in [0, 0.1) is 10.1 Å². The summed E-state index contributed by atoms with van der Waals surface area (Å²) in [5, 5.41) is 19.7. The van der Waals surface area contributed by atoms with E-state index < -0.39 is 16.8 Å². The third-order valence-electron chi connectivity index (χ3n) is 2.02. The van der Waals surface area contributed by atoms with Gasteiger partial charge in [0.25, 0.3) is 5.69 Å². The van der Waals surface area contributed by atoms with Gasteiger partial charge in [-0.3, -0.25) is 14.9 Å². The normalized spacial score (nSPS) is 12.1. The number of carbonyl (C=O) groups is 1. The van der Waals surface area contributed by atoms with E-state index in [9.17, 15) is 14.9 Å². The fourth-order valence-electron chi connectivity index (χ4n) is 1.17. The van der Waals surface area contributed by atoms with E-state index in [1.807, 2.05) is 0 Å². The summed E-state index contributed by atoms with van der Waals surface area (Å²) in [6, 6.07) is 3.87. The maximum absolute atomic E-state index is 10.7. The number of carboxylic acid groups (broad SMARTS) is 1. The van der Waals surface area contributed by atoms with E-state index in [1.54, 1.807) is 0 Å². The Bertz CT molecular complexity index is 419. The number of rotatable bonds is 3. The van der Waals surface area contributed by atoms with Crippen molar-refractivity contribution in [2.24, 2.45) is 0 Å². The lowest BCUT2D eigenvalue weighted by Gasteiger charge is -2.07. The first-order chi connectivity index (χ1) is 6.93. The van der Waals surface area contributed by atoms with Gasteiger partial charge in [-0.05, 0) is 19.1 Å². The zero-order chi connectivity index (χ0) is 11.6. The molecule has 0 fully saturated rings. The highest BCUT2D eigenvalue weighted by Crippen LogP contribution is 2.29. The largest absolute Gasteiger partial charge is 0.481 e. The molecule has 0 amide bonds. The lowest BCUT2D eigenvalue weighted by atomic mass is 10.00. The number of carboxylic acids is 1. The Labute approximate surface area is 90.4 Å². The molecule has 0 saturated heterocycles. The lowest BCUT2D eigenvalue weighted by molar-refractivity contribution is -0.385. The molecule has 1 aromatic rings. The fourth-order valence-corrected chi connectivity index (χ4v) is 1.35. The number of nitro benzene ring substituents is 1. The maximum atomic E-state index is 10.7. The van der Waals surface area contributed by atoms with E-state index in [0.29, 0.717) is 0 Å². The summed E-state index contributed by atoms with van der Waals surface area (Å²) in [7, 11) is 0. The van der Waals surface area contributed by atoms with Crippen molar-refractivity contribution in [2.75, 3.05) is 0 Å². The second-order valence-electron chi connectivity index (χ2n) is 3.02. The second kappa shape index (κ2) is 4.27. The first-order valence-electron chi connectivity index (χ1n) is 4.10. The van der Waals surface area contributed by atoms with Crippen LogP contribution in [0.15, 0.2) is 18.2 Å². The summed E-state index contributed by atoms with van der Waals surface area (Å²) in [5.74, 6) is -2.08. The Hall–Kier alpha value is -1.62. The van der Waals surface area contributed by atoms with Crippen LogP contribution in [0.1, 0.15) is 18.4 Å². The van der Waals surface area contributed by atoms with E-state index in [2.05, 4.69) is 0 Å². The SMILES string of the molecule is CC(C(=O)O)c1cc(Cl)ccc1[N+](=O)[O-]. The van der Waals surface area contributed by atoms with E-state index in [-0.39, 0.29) is 16.3 Å². The Morgan fingerprint density at radius 1 is 1.60 bits per heavy atom. The van der Waals surface area contributed by atoms with Gasteiger partial charge in [-0.25, -0.2) is 0 Å². The van der Waals surface area contributed by atoms with E-state index in [1.165, 1.54) is 25.1 Å². The smallest absolute Gasteiger partial charge is 0.310 e. The van der Waals surface area contributed by atoms with Gasteiger partial charge in [0.15, 0.2) is 0 Å². The number of benzene rings is 1. The molecule has 0 heterocycles. The number of nitrogens with zero attached hydrogens (tertiary/aromatic N) is 1. The molecule has 1 aromatic carbocycles. The second-order valence-corrected chi connectivity index (χ2v) is 3.46. The molecule has 1 unspecified atom stereocenters. The van der Waals surface area contributed by atoms with Crippen molar-refractivity contribution < 1.29 is 14.8 Å². The minimum atomic E-state index is -1.12. The molecular formula is C9H8ClNO4. The molecular weight excluding hydrogens is 222 g/mol. The van der Waals surface area contributed by atoms with Gasteiger partial charge in [0, 0.05) is 16.7 Å². The quantitative estimate of drug-likeness (QED) is 0.638. The van der Waals surface area contributed by atoms with Crippen LogP contribution in [0.3, 0.4) is 0 Å². The number of hydrogen-bond acceptors (Lipinski definition) is 3. The lowest BCUT2D eigenvalue weighted by Crippen LogP contribution is -2.09. The van der Waals surface area contributed by atoms with E-state index in [4.69, 9.17) is 16.7 Å². The van der Waals surface area contributed by atoms with Crippen molar-refractivity contribution in [1.82, 2.24) is 0 Å². The summed E-state index contributed by atoms with van der Waals surface area (Å²) < 4.78 is 0. The number of hydrogen-bond donors (Lipinski definition) is 1. The average Bonchev–Trinajstić information content (AvgIpc) is 2.15. The highest BCUT2D eigenvalue weighted by Gasteiger charge is 2.23. The predicted molar refractivity (Wildman–Crippen MR) is 54.2 cm³/mol. The molecule has 80 valence electrons. The third-order valence-corrected chi connectivity index (χ3v) is 2.26. The van der Waals surface area contributed by atoms with Crippen LogP contribution in [-0.2, 0) is 4.79 Å². The van der Waals surface area contributed by atoms with Crippen LogP contribution in [0.25, 0.3) is 0 Å². The van der Waals surface area contributed by atoms with Gasteiger partial charge in [0.05, 0.1) is 10.8 Å². The Morgan fingerprint density at radius 3 is 2.67 bits per heavy atom. The summed E-state index contributed by atoms with van der Waals surface area (Å²) in [5.41, 5.74) is -0.116. The zero-order valence-electron chi connectivity index (χ0n) is 7.81. The molecule has 0 aliphatic heterocycles. The van der Waals surface area contributed by atoms with Crippen LogP contribution >= 0.6 is 11.6 Å². The van der Waals surface area contributed by atoms with E-state index in [0.717, 1.165) is 0 Å². The number of halogens is 1. The summed E-state index contributed by atoms with van der Waals surface area (Å²) in [6.07, 6.45) is 0. The molecule has 6 heteroatoms. The van der Waals surface area contributed by atoms with Gasteiger partial charge in [0.2, 0.25) is 0 Å². The van der Waals surface area contributed by atoms with Crippen LogP contribution in [0.2, 0.25) is 5.02 Å². The van der Waals surface area contributed by atoms with Gasteiger partial charge in [-0.1, -0.05) is 11.6 Å². The van der Waals surface area contributed by atoms with Crippen molar-refractivity contribution in [1.29, 1.82) is 0 Å². The topological polar surface area (TPSA) is 80.4 Å². The Kier molecular flexibility index (Phi) is 3.26. The van der Waals surface area contributed by atoms with Gasteiger partial charge < -0.3 is 5.11 Å². The molecule has 0 spiro atoms. The molecule has 0 radical (unpaired) electrons. The third kappa shape index (κ3) is 2.44. The first-order valence-corrected chi connectivity index (χ1v) is 4.48. The first kappa shape index (κ1) is 11.5. The molecule has 1 N–H and O–H groups in total. The summed E-state index contributed by atoms with van der Waals surface area (Å²) >= 11 is 5.65. The van der Waals surface area contributed by atoms with Crippen molar-refractivity contribution in [3.63, 3.8) is 0 Å².